The molecule has 90 valence electrons. The Morgan fingerprint density at radius 1 is 1.53 bits per heavy atom. The number of anilines is 1. The Labute approximate surface area is 110 Å². The van der Waals surface area contributed by atoms with E-state index in [0.29, 0.717) is 16.8 Å². The minimum absolute atomic E-state index is 0.198. The molecule has 0 aliphatic rings. The van der Waals surface area contributed by atoms with Gasteiger partial charge in [-0.25, -0.2) is 9.97 Å². The SMILES string of the molecule is CCc1cnc(CNc2nc[nH]c(=O)c2Br)s1. The van der Waals surface area contributed by atoms with Gasteiger partial charge in [-0.3, -0.25) is 4.79 Å². The topological polar surface area (TPSA) is 70.7 Å². The number of rotatable bonds is 4. The fourth-order valence-electron chi connectivity index (χ4n) is 1.26. The van der Waals surface area contributed by atoms with Crippen molar-refractivity contribution in [2.75, 3.05) is 5.32 Å². The van der Waals surface area contributed by atoms with Gasteiger partial charge in [0.2, 0.25) is 0 Å². The van der Waals surface area contributed by atoms with Gasteiger partial charge in [-0.2, -0.15) is 0 Å². The third-order valence-corrected chi connectivity index (χ3v) is 4.03. The highest BCUT2D eigenvalue weighted by atomic mass is 79.9. The second kappa shape index (κ2) is 5.42. The van der Waals surface area contributed by atoms with Crippen molar-refractivity contribution in [1.29, 1.82) is 0 Å². The maximum Gasteiger partial charge on any atom is 0.267 e. The molecule has 0 aliphatic carbocycles. The van der Waals surface area contributed by atoms with Gasteiger partial charge in [0.15, 0.2) is 0 Å². The monoisotopic (exact) mass is 314 g/mol. The number of aromatic amines is 1. The molecular weight excluding hydrogens is 304 g/mol. The first-order valence-corrected chi connectivity index (χ1v) is 6.72. The van der Waals surface area contributed by atoms with Crippen LogP contribution in [0.5, 0.6) is 0 Å². The molecule has 0 saturated carbocycles. The second-order valence-electron chi connectivity index (χ2n) is 3.32. The number of hydrogen-bond acceptors (Lipinski definition) is 5. The summed E-state index contributed by atoms with van der Waals surface area (Å²) in [6.07, 6.45) is 4.24. The average molecular weight is 315 g/mol. The Hall–Kier alpha value is -1.21. The molecule has 0 fully saturated rings. The highest BCUT2D eigenvalue weighted by molar-refractivity contribution is 9.10. The number of H-pyrrole nitrogens is 1. The van der Waals surface area contributed by atoms with E-state index in [4.69, 9.17) is 0 Å². The van der Waals surface area contributed by atoms with Crippen molar-refractivity contribution in [1.82, 2.24) is 15.0 Å². The molecule has 17 heavy (non-hydrogen) atoms. The third kappa shape index (κ3) is 2.92. The minimum atomic E-state index is -0.198. The Bertz CT molecular complexity index is 565. The first-order chi connectivity index (χ1) is 8.20. The van der Waals surface area contributed by atoms with Gasteiger partial charge in [0.05, 0.1) is 12.9 Å². The molecule has 2 heterocycles. The van der Waals surface area contributed by atoms with Crippen LogP contribution in [0.15, 0.2) is 21.8 Å². The van der Waals surface area contributed by atoms with E-state index in [1.807, 2.05) is 6.20 Å². The highest BCUT2D eigenvalue weighted by Gasteiger charge is 2.06. The number of aromatic nitrogens is 3. The van der Waals surface area contributed by atoms with Crippen molar-refractivity contribution < 1.29 is 0 Å². The molecule has 2 rings (SSSR count). The van der Waals surface area contributed by atoms with Crippen LogP contribution in [0.1, 0.15) is 16.8 Å². The normalized spacial score (nSPS) is 10.5. The zero-order chi connectivity index (χ0) is 12.3. The number of hydrogen-bond donors (Lipinski definition) is 2. The average Bonchev–Trinajstić information content (AvgIpc) is 2.79. The summed E-state index contributed by atoms with van der Waals surface area (Å²) < 4.78 is 0.410. The maximum absolute atomic E-state index is 11.3. The Kier molecular flexibility index (Phi) is 3.90. The van der Waals surface area contributed by atoms with Crippen LogP contribution in [-0.4, -0.2) is 15.0 Å². The van der Waals surface area contributed by atoms with Gasteiger partial charge in [0.1, 0.15) is 15.3 Å². The van der Waals surface area contributed by atoms with Crippen LogP contribution in [0.3, 0.4) is 0 Å². The predicted molar refractivity (Wildman–Crippen MR) is 71.4 cm³/mol. The Morgan fingerprint density at radius 2 is 2.35 bits per heavy atom. The van der Waals surface area contributed by atoms with E-state index in [1.165, 1.54) is 11.2 Å². The maximum atomic E-state index is 11.3. The van der Waals surface area contributed by atoms with Crippen molar-refractivity contribution >= 4 is 33.1 Å². The van der Waals surface area contributed by atoms with Crippen molar-refractivity contribution in [2.45, 2.75) is 19.9 Å². The van der Waals surface area contributed by atoms with E-state index in [9.17, 15) is 4.79 Å². The molecule has 0 spiro atoms. The number of thiazole rings is 1. The van der Waals surface area contributed by atoms with Gasteiger partial charge in [0, 0.05) is 11.1 Å². The van der Waals surface area contributed by atoms with E-state index in [0.717, 1.165) is 11.4 Å². The van der Waals surface area contributed by atoms with Gasteiger partial charge >= 0.3 is 0 Å². The summed E-state index contributed by atoms with van der Waals surface area (Å²) in [6.45, 7) is 2.67. The molecule has 7 heteroatoms. The largest absolute Gasteiger partial charge is 0.362 e. The molecule has 0 saturated heterocycles. The van der Waals surface area contributed by atoms with E-state index >= 15 is 0 Å². The molecule has 0 radical (unpaired) electrons. The van der Waals surface area contributed by atoms with Crippen LogP contribution in [0.2, 0.25) is 0 Å². The lowest BCUT2D eigenvalue weighted by Crippen LogP contribution is -2.11. The van der Waals surface area contributed by atoms with Crippen molar-refractivity contribution in [3.63, 3.8) is 0 Å². The van der Waals surface area contributed by atoms with Gasteiger partial charge in [-0.05, 0) is 22.4 Å². The predicted octanol–water partition coefficient (Wildman–Crippen LogP) is 2.16. The first kappa shape index (κ1) is 12.3. The summed E-state index contributed by atoms with van der Waals surface area (Å²) in [7, 11) is 0. The molecule has 2 aromatic rings. The summed E-state index contributed by atoms with van der Waals surface area (Å²) in [6, 6.07) is 0. The van der Waals surface area contributed by atoms with Gasteiger partial charge in [-0.15, -0.1) is 11.3 Å². The summed E-state index contributed by atoms with van der Waals surface area (Å²) in [5, 5.41) is 4.06. The molecule has 0 unspecified atom stereocenters. The Morgan fingerprint density at radius 3 is 3.06 bits per heavy atom. The fourth-order valence-corrected chi connectivity index (χ4v) is 2.42. The summed E-state index contributed by atoms with van der Waals surface area (Å²) in [4.78, 5) is 23.4. The Balaban J connectivity index is 2.07. The lowest BCUT2D eigenvalue weighted by Gasteiger charge is -2.03. The van der Waals surface area contributed by atoms with Crippen LogP contribution in [0.4, 0.5) is 5.82 Å². The summed E-state index contributed by atoms with van der Waals surface area (Å²) in [5.41, 5.74) is -0.198. The van der Waals surface area contributed by atoms with E-state index in [1.54, 1.807) is 11.3 Å². The molecule has 2 N–H and O–H groups in total. The lowest BCUT2D eigenvalue weighted by molar-refractivity contribution is 1.03. The lowest BCUT2D eigenvalue weighted by atomic mass is 10.4. The van der Waals surface area contributed by atoms with Crippen LogP contribution in [0, 0.1) is 0 Å². The molecule has 2 aromatic heterocycles. The highest BCUT2D eigenvalue weighted by Crippen LogP contribution is 2.17. The molecule has 0 amide bonds. The fraction of sp³-hybridized carbons (Fsp3) is 0.300. The van der Waals surface area contributed by atoms with Gasteiger partial charge in [0.25, 0.3) is 5.56 Å². The molecular formula is C10H11BrN4OS. The standard InChI is InChI=1S/C10H11BrN4OS/c1-2-6-3-12-7(17-6)4-13-9-8(11)10(16)15-5-14-9/h3,5H,2,4H2,1H3,(H2,13,14,15,16). The zero-order valence-electron chi connectivity index (χ0n) is 9.16. The smallest absolute Gasteiger partial charge is 0.267 e. The number of halogens is 1. The van der Waals surface area contributed by atoms with E-state index in [-0.39, 0.29) is 5.56 Å². The quantitative estimate of drug-likeness (QED) is 0.907. The van der Waals surface area contributed by atoms with Crippen molar-refractivity contribution in [3.8, 4) is 0 Å². The van der Waals surface area contributed by atoms with Crippen LogP contribution in [-0.2, 0) is 13.0 Å². The van der Waals surface area contributed by atoms with Crippen LogP contribution < -0.4 is 10.9 Å². The minimum Gasteiger partial charge on any atom is -0.362 e. The number of aryl methyl sites for hydroxylation is 1. The molecule has 0 aromatic carbocycles. The van der Waals surface area contributed by atoms with Gasteiger partial charge < -0.3 is 10.3 Å². The molecule has 0 atom stereocenters. The third-order valence-electron chi connectivity index (χ3n) is 2.15. The number of nitrogens with zero attached hydrogens (tertiary/aromatic N) is 2. The van der Waals surface area contributed by atoms with Crippen LogP contribution >= 0.6 is 27.3 Å². The van der Waals surface area contributed by atoms with E-state index < -0.39 is 0 Å². The molecule has 5 nitrogen and oxygen atoms in total. The first-order valence-electron chi connectivity index (χ1n) is 5.11. The zero-order valence-corrected chi connectivity index (χ0v) is 11.6. The van der Waals surface area contributed by atoms with E-state index in [2.05, 4.69) is 43.1 Å². The van der Waals surface area contributed by atoms with Crippen molar-refractivity contribution in [2.24, 2.45) is 0 Å². The second-order valence-corrected chi connectivity index (χ2v) is 5.31. The molecule has 0 aliphatic heterocycles. The summed E-state index contributed by atoms with van der Waals surface area (Å²) in [5.74, 6) is 0.530. The molecule has 0 bridgehead atoms. The number of nitrogens with one attached hydrogen (secondary N) is 2. The van der Waals surface area contributed by atoms with Gasteiger partial charge in [-0.1, -0.05) is 6.92 Å². The van der Waals surface area contributed by atoms with Crippen LogP contribution in [0.25, 0.3) is 0 Å². The van der Waals surface area contributed by atoms with Crippen molar-refractivity contribution in [3.05, 3.63) is 37.2 Å². The summed E-state index contributed by atoms with van der Waals surface area (Å²) >= 11 is 4.85.